The van der Waals surface area contributed by atoms with Crippen molar-refractivity contribution in [2.24, 2.45) is 0 Å². The van der Waals surface area contributed by atoms with Gasteiger partial charge in [0.15, 0.2) is 11.5 Å². The van der Waals surface area contributed by atoms with Gasteiger partial charge in [0.25, 0.3) is 0 Å². The highest BCUT2D eigenvalue weighted by Crippen LogP contribution is 2.31. The number of pyridine rings is 1. The molecule has 0 spiro atoms. The van der Waals surface area contributed by atoms with Gasteiger partial charge in [-0.15, -0.1) is 10.2 Å². The number of fused-ring (bicyclic) bond motifs is 1. The van der Waals surface area contributed by atoms with Crippen LogP contribution in [0.4, 0.5) is 0 Å². The van der Waals surface area contributed by atoms with Crippen molar-refractivity contribution in [3.05, 3.63) is 24.0 Å². The van der Waals surface area contributed by atoms with Gasteiger partial charge in [-0.25, -0.2) is 4.40 Å². The number of ether oxygens (including phenoxy) is 1. The molecule has 0 aliphatic carbocycles. The second-order valence-corrected chi connectivity index (χ2v) is 4.96. The van der Waals surface area contributed by atoms with Crippen LogP contribution < -0.4 is 4.74 Å². The summed E-state index contributed by atoms with van der Waals surface area (Å²) in [6, 6.07) is 6.23. The molecular formula is C14H20N4O. The van der Waals surface area contributed by atoms with Gasteiger partial charge in [0.2, 0.25) is 5.88 Å². The molecule has 1 unspecified atom stereocenters. The Bertz CT molecular complexity index is 566. The summed E-state index contributed by atoms with van der Waals surface area (Å²) in [6.07, 6.45) is 3.68. The summed E-state index contributed by atoms with van der Waals surface area (Å²) in [5.74, 6) is 1.81. The van der Waals surface area contributed by atoms with Gasteiger partial charge >= 0.3 is 0 Å². The molecular weight excluding hydrogens is 240 g/mol. The van der Waals surface area contributed by atoms with E-state index in [9.17, 15) is 0 Å². The fourth-order valence-electron chi connectivity index (χ4n) is 2.97. The first-order valence-electron chi connectivity index (χ1n) is 6.97. The third-order valence-electron chi connectivity index (χ3n) is 3.94. The zero-order chi connectivity index (χ0) is 13.2. The van der Waals surface area contributed by atoms with E-state index in [1.54, 1.807) is 7.11 Å². The summed E-state index contributed by atoms with van der Waals surface area (Å²) in [5.41, 5.74) is 0.857. The van der Waals surface area contributed by atoms with Crippen LogP contribution in [0.15, 0.2) is 18.2 Å². The van der Waals surface area contributed by atoms with Crippen LogP contribution in [0.2, 0.25) is 0 Å². The molecule has 3 rings (SSSR count). The number of hydrogen-bond acceptors (Lipinski definition) is 4. The van der Waals surface area contributed by atoms with Crippen LogP contribution in [0.25, 0.3) is 5.65 Å². The summed E-state index contributed by atoms with van der Waals surface area (Å²) in [7, 11) is 1.69. The van der Waals surface area contributed by atoms with E-state index in [0.717, 1.165) is 36.9 Å². The largest absolute Gasteiger partial charge is 0.482 e. The molecule has 0 aromatic carbocycles. The normalized spacial score (nSPS) is 20.8. The molecule has 5 nitrogen and oxygen atoms in total. The molecule has 0 saturated carbocycles. The zero-order valence-electron chi connectivity index (χ0n) is 11.5. The molecule has 1 aliphatic heterocycles. The van der Waals surface area contributed by atoms with Crippen LogP contribution in [-0.2, 0) is 0 Å². The van der Waals surface area contributed by atoms with Crippen molar-refractivity contribution in [1.29, 1.82) is 0 Å². The molecule has 5 heteroatoms. The van der Waals surface area contributed by atoms with Gasteiger partial charge in [0, 0.05) is 0 Å². The standard InChI is InChI=1S/C14H20N4O/c1-3-17-10-5-4-7-11(17)14-16-15-12-8-6-9-13(19-2)18(12)14/h6,8-9,11H,3-5,7,10H2,1-2H3. The van der Waals surface area contributed by atoms with Crippen molar-refractivity contribution in [3.8, 4) is 5.88 Å². The molecule has 0 bridgehead atoms. The predicted molar refractivity (Wildman–Crippen MR) is 73.4 cm³/mol. The first-order chi connectivity index (χ1) is 9.35. The number of likely N-dealkylation sites (tertiary alicyclic amines) is 1. The van der Waals surface area contributed by atoms with Gasteiger partial charge in [-0.2, -0.15) is 0 Å². The first kappa shape index (κ1) is 12.4. The highest BCUT2D eigenvalue weighted by molar-refractivity contribution is 5.42. The fourth-order valence-corrected chi connectivity index (χ4v) is 2.97. The minimum absolute atomic E-state index is 0.352. The Kier molecular flexibility index (Phi) is 3.38. The van der Waals surface area contributed by atoms with Gasteiger partial charge in [-0.05, 0) is 38.1 Å². The summed E-state index contributed by atoms with van der Waals surface area (Å²) in [4.78, 5) is 2.48. The molecule has 1 fully saturated rings. The Labute approximate surface area is 113 Å². The monoisotopic (exact) mass is 260 g/mol. The molecule has 2 aromatic rings. The van der Waals surface area contributed by atoms with E-state index in [0.29, 0.717) is 6.04 Å². The van der Waals surface area contributed by atoms with E-state index in [4.69, 9.17) is 4.74 Å². The number of methoxy groups -OCH3 is 1. The third-order valence-corrected chi connectivity index (χ3v) is 3.94. The summed E-state index contributed by atoms with van der Waals surface area (Å²) < 4.78 is 7.49. The molecule has 0 amide bonds. The van der Waals surface area contributed by atoms with E-state index in [-0.39, 0.29) is 0 Å². The van der Waals surface area contributed by atoms with E-state index in [1.165, 1.54) is 12.8 Å². The van der Waals surface area contributed by atoms with Gasteiger partial charge in [-0.3, -0.25) is 4.90 Å². The van der Waals surface area contributed by atoms with Crippen LogP contribution in [0.5, 0.6) is 5.88 Å². The molecule has 1 atom stereocenters. The topological polar surface area (TPSA) is 42.7 Å². The van der Waals surface area contributed by atoms with Crippen molar-refractivity contribution >= 4 is 5.65 Å². The molecule has 1 aliphatic rings. The number of hydrogen-bond donors (Lipinski definition) is 0. The smallest absolute Gasteiger partial charge is 0.200 e. The summed E-state index contributed by atoms with van der Waals surface area (Å²) >= 11 is 0. The lowest BCUT2D eigenvalue weighted by atomic mass is 10.0. The predicted octanol–water partition coefficient (Wildman–Crippen LogP) is 2.28. The van der Waals surface area contributed by atoms with Crippen molar-refractivity contribution in [1.82, 2.24) is 19.5 Å². The Balaban J connectivity index is 2.08. The lowest BCUT2D eigenvalue weighted by Crippen LogP contribution is -2.34. The third kappa shape index (κ3) is 2.08. The van der Waals surface area contributed by atoms with E-state index >= 15 is 0 Å². The van der Waals surface area contributed by atoms with Crippen molar-refractivity contribution in [3.63, 3.8) is 0 Å². The Morgan fingerprint density at radius 3 is 3.00 bits per heavy atom. The maximum atomic E-state index is 5.45. The molecule has 0 radical (unpaired) electrons. The molecule has 3 heterocycles. The number of aromatic nitrogens is 3. The lowest BCUT2D eigenvalue weighted by molar-refractivity contribution is 0.148. The zero-order valence-corrected chi connectivity index (χ0v) is 11.5. The van der Waals surface area contributed by atoms with Gasteiger partial charge in [-0.1, -0.05) is 19.4 Å². The number of piperidine rings is 1. The fraction of sp³-hybridized carbons (Fsp3) is 0.571. The average Bonchev–Trinajstić information content (AvgIpc) is 2.91. The average molecular weight is 260 g/mol. The number of nitrogens with zero attached hydrogens (tertiary/aromatic N) is 4. The minimum Gasteiger partial charge on any atom is -0.482 e. The van der Waals surface area contributed by atoms with Crippen LogP contribution in [0.3, 0.4) is 0 Å². The maximum Gasteiger partial charge on any atom is 0.200 e. The first-order valence-corrected chi connectivity index (χ1v) is 6.97. The van der Waals surface area contributed by atoms with Crippen molar-refractivity contribution in [2.45, 2.75) is 32.2 Å². The molecule has 102 valence electrons. The second kappa shape index (κ2) is 5.17. The highest BCUT2D eigenvalue weighted by atomic mass is 16.5. The van der Waals surface area contributed by atoms with Crippen LogP contribution in [0, 0.1) is 0 Å². The van der Waals surface area contributed by atoms with Gasteiger partial charge in [0.05, 0.1) is 13.2 Å². The van der Waals surface area contributed by atoms with E-state index in [1.807, 2.05) is 22.6 Å². The van der Waals surface area contributed by atoms with Gasteiger partial charge < -0.3 is 4.74 Å². The molecule has 0 N–H and O–H groups in total. The number of rotatable bonds is 3. The lowest BCUT2D eigenvalue weighted by Gasteiger charge is -2.33. The van der Waals surface area contributed by atoms with Crippen molar-refractivity contribution in [2.75, 3.05) is 20.2 Å². The van der Waals surface area contributed by atoms with E-state index < -0.39 is 0 Å². The molecule has 2 aromatic heterocycles. The van der Waals surface area contributed by atoms with Crippen LogP contribution in [-0.4, -0.2) is 39.7 Å². The Morgan fingerprint density at radius 2 is 2.21 bits per heavy atom. The Morgan fingerprint density at radius 1 is 1.32 bits per heavy atom. The Hall–Kier alpha value is -1.62. The highest BCUT2D eigenvalue weighted by Gasteiger charge is 2.27. The van der Waals surface area contributed by atoms with E-state index in [2.05, 4.69) is 22.0 Å². The quantitative estimate of drug-likeness (QED) is 0.849. The summed E-state index contributed by atoms with van der Waals surface area (Å²) in [5, 5.41) is 8.69. The van der Waals surface area contributed by atoms with Crippen molar-refractivity contribution < 1.29 is 4.74 Å². The van der Waals surface area contributed by atoms with Crippen LogP contribution in [0.1, 0.15) is 38.1 Å². The minimum atomic E-state index is 0.352. The SMILES string of the molecule is CCN1CCCCC1c1nnc2cccc(OC)n12. The summed E-state index contributed by atoms with van der Waals surface area (Å²) in [6.45, 7) is 4.40. The molecule has 1 saturated heterocycles. The van der Waals surface area contributed by atoms with Crippen LogP contribution >= 0.6 is 0 Å². The maximum absolute atomic E-state index is 5.45. The molecule has 19 heavy (non-hydrogen) atoms. The van der Waals surface area contributed by atoms with Gasteiger partial charge in [0.1, 0.15) is 0 Å². The second-order valence-electron chi connectivity index (χ2n) is 4.96.